The number of hydrogen-bond donors (Lipinski definition) is 1. The number of carbonyl (C=O) groups excluding carboxylic acids is 3. The number of anilines is 1. The van der Waals surface area contributed by atoms with E-state index in [4.69, 9.17) is 0 Å². The predicted octanol–water partition coefficient (Wildman–Crippen LogP) is 3.43. The SMILES string of the molecule is O=C(Nc1ccc(C(=O)N2CCCC2)cc1)C1CCCN1C(=O)C1CCCCC1. The maximum Gasteiger partial charge on any atom is 0.253 e. The molecule has 6 heteroatoms. The van der Waals surface area contributed by atoms with Gasteiger partial charge < -0.3 is 15.1 Å². The summed E-state index contributed by atoms with van der Waals surface area (Å²) < 4.78 is 0. The molecular formula is C23H31N3O3. The fourth-order valence-corrected chi connectivity index (χ4v) is 4.91. The lowest BCUT2D eigenvalue weighted by Gasteiger charge is -2.30. The van der Waals surface area contributed by atoms with Crippen LogP contribution in [0.25, 0.3) is 0 Å². The number of nitrogens with one attached hydrogen (secondary N) is 1. The van der Waals surface area contributed by atoms with E-state index in [9.17, 15) is 14.4 Å². The average Bonchev–Trinajstić information content (AvgIpc) is 3.46. The van der Waals surface area contributed by atoms with Crippen molar-refractivity contribution in [1.29, 1.82) is 0 Å². The molecule has 1 unspecified atom stereocenters. The summed E-state index contributed by atoms with van der Waals surface area (Å²) in [6.45, 7) is 2.32. The zero-order valence-electron chi connectivity index (χ0n) is 17.1. The van der Waals surface area contributed by atoms with E-state index in [0.717, 1.165) is 64.5 Å². The van der Waals surface area contributed by atoms with Crippen molar-refractivity contribution in [3.63, 3.8) is 0 Å². The molecule has 3 fully saturated rings. The zero-order valence-corrected chi connectivity index (χ0v) is 17.1. The third-order valence-corrected chi connectivity index (χ3v) is 6.59. The van der Waals surface area contributed by atoms with Gasteiger partial charge in [-0.25, -0.2) is 0 Å². The van der Waals surface area contributed by atoms with Gasteiger partial charge in [0.05, 0.1) is 0 Å². The standard InChI is InChI=1S/C23H31N3O3/c27-21(20-9-6-16-26(20)23(29)17-7-2-1-3-8-17)24-19-12-10-18(11-13-19)22(28)25-14-4-5-15-25/h10-13,17,20H,1-9,14-16H2,(H,24,27). The van der Waals surface area contributed by atoms with Gasteiger partial charge >= 0.3 is 0 Å². The second-order valence-corrected chi connectivity index (χ2v) is 8.59. The normalized spacial score (nSPS) is 22.7. The van der Waals surface area contributed by atoms with Crippen molar-refractivity contribution in [3.8, 4) is 0 Å². The van der Waals surface area contributed by atoms with Gasteiger partial charge in [0.2, 0.25) is 11.8 Å². The highest BCUT2D eigenvalue weighted by atomic mass is 16.2. The molecule has 1 aromatic carbocycles. The second kappa shape index (κ2) is 8.97. The van der Waals surface area contributed by atoms with Crippen LogP contribution < -0.4 is 5.32 Å². The molecule has 2 heterocycles. The molecular weight excluding hydrogens is 366 g/mol. The molecule has 1 aromatic rings. The number of likely N-dealkylation sites (tertiary alicyclic amines) is 2. The number of nitrogens with zero attached hydrogens (tertiary/aromatic N) is 2. The van der Waals surface area contributed by atoms with Crippen LogP contribution in [0.2, 0.25) is 0 Å². The third-order valence-electron chi connectivity index (χ3n) is 6.59. The quantitative estimate of drug-likeness (QED) is 0.846. The number of hydrogen-bond acceptors (Lipinski definition) is 3. The highest BCUT2D eigenvalue weighted by molar-refractivity contribution is 5.99. The van der Waals surface area contributed by atoms with Crippen LogP contribution in [0.4, 0.5) is 5.69 Å². The Labute approximate surface area is 172 Å². The molecule has 3 amide bonds. The van der Waals surface area contributed by atoms with Crippen LogP contribution >= 0.6 is 0 Å². The minimum atomic E-state index is -0.379. The lowest BCUT2D eigenvalue weighted by molar-refractivity contribution is -0.141. The molecule has 0 bridgehead atoms. The van der Waals surface area contributed by atoms with Gasteiger partial charge in [-0.05, 0) is 62.8 Å². The summed E-state index contributed by atoms with van der Waals surface area (Å²) >= 11 is 0. The Balaban J connectivity index is 1.36. The molecule has 0 radical (unpaired) electrons. The highest BCUT2D eigenvalue weighted by Crippen LogP contribution is 2.29. The van der Waals surface area contributed by atoms with Crippen molar-refractivity contribution in [2.75, 3.05) is 25.0 Å². The van der Waals surface area contributed by atoms with Gasteiger partial charge in [0.1, 0.15) is 6.04 Å². The maximum absolute atomic E-state index is 12.9. The largest absolute Gasteiger partial charge is 0.339 e. The smallest absolute Gasteiger partial charge is 0.253 e. The maximum atomic E-state index is 12.9. The average molecular weight is 398 g/mol. The Kier molecular flexibility index (Phi) is 6.16. The van der Waals surface area contributed by atoms with Gasteiger partial charge in [0.15, 0.2) is 0 Å². The summed E-state index contributed by atoms with van der Waals surface area (Å²) in [5.74, 6) is 0.188. The molecule has 1 N–H and O–H groups in total. The van der Waals surface area contributed by atoms with Gasteiger partial charge in [-0.1, -0.05) is 19.3 Å². The van der Waals surface area contributed by atoms with Crippen LogP contribution in [0.5, 0.6) is 0 Å². The van der Waals surface area contributed by atoms with E-state index in [1.54, 1.807) is 29.2 Å². The first-order chi connectivity index (χ1) is 14.1. The number of rotatable bonds is 4. The first-order valence-electron chi connectivity index (χ1n) is 11.1. The van der Waals surface area contributed by atoms with Crippen molar-refractivity contribution < 1.29 is 14.4 Å². The minimum absolute atomic E-state index is 0.0559. The molecule has 156 valence electrons. The topological polar surface area (TPSA) is 69.7 Å². The van der Waals surface area contributed by atoms with Crippen molar-refractivity contribution in [2.45, 2.75) is 63.8 Å². The number of benzene rings is 1. The Morgan fingerprint density at radius 2 is 1.48 bits per heavy atom. The van der Waals surface area contributed by atoms with Gasteiger partial charge in [-0.2, -0.15) is 0 Å². The lowest BCUT2D eigenvalue weighted by atomic mass is 9.88. The van der Waals surface area contributed by atoms with Crippen LogP contribution in [-0.2, 0) is 9.59 Å². The molecule has 3 aliphatic rings. The number of carbonyl (C=O) groups is 3. The van der Waals surface area contributed by atoms with E-state index < -0.39 is 0 Å². The van der Waals surface area contributed by atoms with E-state index >= 15 is 0 Å². The first-order valence-corrected chi connectivity index (χ1v) is 11.1. The summed E-state index contributed by atoms with van der Waals surface area (Å²) in [5, 5.41) is 2.95. The molecule has 6 nitrogen and oxygen atoms in total. The molecule has 1 atom stereocenters. The minimum Gasteiger partial charge on any atom is -0.339 e. The number of amides is 3. The van der Waals surface area contributed by atoms with Crippen LogP contribution in [0, 0.1) is 5.92 Å². The first kappa shape index (κ1) is 19.9. The van der Waals surface area contributed by atoms with E-state index in [0.29, 0.717) is 17.8 Å². The van der Waals surface area contributed by atoms with Crippen LogP contribution in [0.3, 0.4) is 0 Å². The van der Waals surface area contributed by atoms with Gasteiger partial charge in [-0.3, -0.25) is 14.4 Å². The zero-order chi connectivity index (χ0) is 20.2. The van der Waals surface area contributed by atoms with Crippen LogP contribution in [0.15, 0.2) is 24.3 Å². The van der Waals surface area contributed by atoms with Gasteiger partial charge in [0, 0.05) is 36.8 Å². The lowest BCUT2D eigenvalue weighted by Crippen LogP contribution is -2.46. The van der Waals surface area contributed by atoms with Crippen LogP contribution in [0.1, 0.15) is 68.1 Å². The van der Waals surface area contributed by atoms with Crippen molar-refractivity contribution in [2.24, 2.45) is 5.92 Å². The van der Waals surface area contributed by atoms with Crippen LogP contribution in [-0.4, -0.2) is 53.2 Å². The van der Waals surface area contributed by atoms with Crippen molar-refractivity contribution in [1.82, 2.24) is 9.80 Å². The van der Waals surface area contributed by atoms with Crippen molar-refractivity contribution >= 4 is 23.4 Å². The summed E-state index contributed by atoms with van der Waals surface area (Å²) in [5.41, 5.74) is 1.32. The van der Waals surface area contributed by atoms with E-state index in [-0.39, 0.29) is 29.7 Å². The summed E-state index contributed by atoms with van der Waals surface area (Å²) in [6, 6.07) is 6.73. The molecule has 0 aromatic heterocycles. The Morgan fingerprint density at radius 1 is 0.793 bits per heavy atom. The van der Waals surface area contributed by atoms with Gasteiger partial charge in [-0.15, -0.1) is 0 Å². The van der Waals surface area contributed by atoms with E-state index in [1.165, 1.54) is 6.42 Å². The fourth-order valence-electron chi connectivity index (χ4n) is 4.91. The highest BCUT2D eigenvalue weighted by Gasteiger charge is 2.37. The summed E-state index contributed by atoms with van der Waals surface area (Å²) in [7, 11) is 0. The Morgan fingerprint density at radius 3 is 2.17 bits per heavy atom. The molecule has 1 aliphatic carbocycles. The van der Waals surface area contributed by atoms with Gasteiger partial charge in [0.25, 0.3) is 5.91 Å². The molecule has 1 saturated carbocycles. The monoisotopic (exact) mass is 397 g/mol. The molecule has 2 saturated heterocycles. The second-order valence-electron chi connectivity index (χ2n) is 8.59. The fraction of sp³-hybridized carbons (Fsp3) is 0.609. The predicted molar refractivity (Wildman–Crippen MR) is 112 cm³/mol. The Bertz CT molecular complexity index is 749. The third kappa shape index (κ3) is 4.46. The molecule has 29 heavy (non-hydrogen) atoms. The Hall–Kier alpha value is -2.37. The molecule has 4 rings (SSSR count). The van der Waals surface area contributed by atoms with E-state index in [1.807, 2.05) is 4.90 Å². The van der Waals surface area contributed by atoms with Crippen molar-refractivity contribution in [3.05, 3.63) is 29.8 Å². The summed E-state index contributed by atoms with van der Waals surface area (Å²) in [4.78, 5) is 41.9. The van der Waals surface area contributed by atoms with E-state index in [2.05, 4.69) is 5.32 Å². The molecule has 0 spiro atoms. The summed E-state index contributed by atoms with van der Waals surface area (Å²) in [6.07, 6.45) is 9.08. The molecule has 2 aliphatic heterocycles.